The molecular formula is C44H30N6Na2O10S2. The van der Waals surface area contributed by atoms with Gasteiger partial charge in [-0.1, -0.05) is 84.3 Å². The number of nitrogens with zero attached hydrogens (tertiary/aromatic N) is 4. The Bertz CT molecular complexity index is 3350. The number of hydrogen-bond acceptors (Lipinski definition) is 14. The van der Waals surface area contributed by atoms with Crippen LogP contribution in [0.15, 0.2) is 142 Å². The van der Waals surface area contributed by atoms with E-state index in [1.54, 1.807) is 43.3 Å². The summed E-state index contributed by atoms with van der Waals surface area (Å²) in [6.45, 7) is 3.69. The average Bonchev–Trinajstić information content (AvgIpc) is 3.22. The molecule has 0 aromatic heterocycles. The van der Waals surface area contributed by atoms with E-state index in [2.05, 4.69) is 31.3 Å². The second kappa shape index (κ2) is 18.8. The number of benzene rings is 6. The molecule has 0 unspecified atom stereocenters. The van der Waals surface area contributed by atoms with Gasteiger partial charge in [0, 0.05) is 33.0 Å². The number of Topliss-reactive ketones (excluding diaryl/α,β-unsaturated/α-hetero) is 2. The first-order chi connectivity index (χ1) is 29.5. The molecule has 0 radical (unpaired) electrons. The predicted octanol–water partition coefficient (Wildman–Crippen LogP) is 1.48. The maximum Gasteiger partial charge on any atom is 1.00 e. The van der Waals surface area contributed by atoms with E-state index in [1.807, 2.05) is 43.3 Å². The van der Waals surface area contributed by atoms with Gasteiger partial charge >= 0.3 is 59.1 Å². The SMILES string of the molecule is Cc1cc(-c2ccc(NN=C3C=C(S(=O)(=O)O)c4cccc([O-])c4C3=O)c(C)c2)ccc1N=Nc1ccc(NN=C2C=C(S(=O)(=O)O)c3cccc([O-])c3C2=O)c2ccccc12.[Na+].[Na+]. The second-order valence-corrected chi connectivity index (χ2v) is 16.9. The first kappa shape index (κ1) is 47.8. The second-order valence-electron chi connectivity index (χ2n) is 14.1. The molecule has 0 heterocycles. The Kier molecular flexibility index (Phi) is 14.1. The maximum atomic E-state index is 13.2. The summed E-state index contributed by atoms with van der Waals surface area (Å²) in [4.78, 5) is 25.1. The predicted molar refractivity (Wildman–Crippen MR) is 231 cm³/mol. The fourth-order valence-electron chi connectivity index (χ4n) is 7.06. The van der Waals surface area contributed by atoms with Crippen LogP contribution in [0, 0.1) is 13.8 Å². The number of hydrogen-bond donors (Lipinski definition) is 4. The number of azo groups is 1. The van der Waals surface area contributed by atoms with E-state index in [0.717, 1.165) is 46.5 Å². The van der Waals surface area contributed by atoms with E-state index in [-0.39, 0.29) is 76.0 Å². The number of allylic oxidation sites excluding steroid dienone is 2. The van der Waals surface area contributed by atoms with Crippen LogP contribution < -0.4 is 80.2 Å². The van der Waals surface area contributed by atoms with Crippen molar-refractivity contribution < 1.29 is 105 Å². The number of nitrogens with one attached hydrogen (secondary N) is 2. The summed E-state index contributed by atoms with van der Waals surface area (Å²) in [5, 5.41) is 43.6. The van der Waals surface area contributed by atoms with Gasteiger partial charge in [-0.15, -0.1) is 5.11 Å². The molecule has 20 heteroatoms. The van der Waals surface area contributed by atoms with Crippen molar-refractivity contribution in [3.8, 4) is 22.6 Å². The molecule has 8 rings (SSSR count). The zero-order valence-corrected chi connectivity index (χ0v) is 39.9. The fourth-order valence-corrected chi connectivity index (χ4v) is 8.47. The normalized spacial score (nSPS) is 14.9. The molecule has 6 aromatic rings. The number of hydrazone groups is 2. The van der Waals surface area contributed by atoms with E-state index < -0.39 is 70.0 Å². The zero-order valence-electron chi connectivity index (χ0n) is 34.3. The fraction of sp³-hybridized carbons (Fsp3) is 0.0455. The van der Waals surface area contributed by atoms with Gasteiger partial charge in [-0.25, -0.2) is 0 Å². The Hall–Kier alpha value is -5.64. The Balaban J connectivity index is 0.00000340. The van der Waals surface area contributed by atoms with Gasteiger partial charge in [0.15, 0.2) is 0 Å². The van der Waals surface area contributed by atoms with Crippen LogP contribution in [0.2, 0.25) is 0 Å². The van der Waals surface area contributed by atoms with Crippen LogP contribution in [-0.4, -0.2) is 48.9 Å². The Labute approximate surface area is 410 Å². The quantitative estimate of drug-likeness (QED) is 0.0696. The minimum absolute atomic E-state index is 0. The summed E-state index contributed by atoms with van der Waals surface area (Å²) in [6, 6.07) is 28.9. The molecule has 64 heavy (non-hydrogen) atoms. The van der Waals surface area contributed by atoms with Gasteiger partial charge in [-0.3, -0.25) is 29.5 Å². The summed E-state index contributed by atoms with van der Waals surface area (Å²) in [6.07, 6.45) is 1.83. The Morgan fingerprint density at radius 2 is 0.984 bits per heavy atom. The Morgan fingerprint density at radius 1 is 0.531 bits per heavy atom. The summed E-state index contributed by atoms with van der Waals surface area (Å²) in [5.41, 5.74) is 8.84. The maximum absolute atomic E-state index is 13.2. The van der Waals surface area contributed by atoms with E-state index in [0.29, 0.717) is 33.5 Å². The molecule has 0 fully saturated rings. The molecule has 4 N–H and O–H groups in total. The van der Waals surface area contributed by atoms with Crippen molar-refractivity contribution in [1.82, 2.24) is 0 Å². The number of anilines is 2. The smallest absolute Gasteiger partial charge is 0.872 e. The van der Waals surface area contributed by atoms with Crippen molar-refractivity contribution in [2.75, 3.05) is 10.9 Å². The minimum atomic E-state index is -4.81. The van der Waals surface area contributed by atoms with Gasteiger partial charge < -0.3 is 10.2 Å². The first-order valence-corrected chi connectivity index (χ1v) is 21.3. The summed E-state index contributed by atoms with van der Waals surface area (Å²) < 4.78 is 68.1. The largest absolute Gasteiger partial charge is 1.00 e. The van der Waals surface area contributed by atoms with Gasteiger partial charge in [0.25, 0.3) is 20.2 Å². The average molecular weight is 913 g/mol. The molecule has 2 aliphatic rings. The molecule has 16 nitrogen and oxygen atoms in total. The van der Waals surface area contributed by atoms with Crippen LogP contribution in [0.3, 0.4) is 0 Å². The molecular weight excluding hydrogens is 883 g/mol. The molecule has 0 amide bonds. The van der Waals surface area contributed by atoms with Crippen LogP contribution in [-0.2, 0) is 20.2 Å². The zero-order chi connectivity index (χ0) is 44.1. The van der Waals surface area contributed by atoms with E-state index in [4.69, 9.17) is 0 Å². The monoisotopic (exact) mass is 912 g/mol. The number of carbonyl (C=O) groups is 2. The van der Waals surface area contributed by atoms with E-state index in [9.17, 15) is 45.7 Å². The molecule has 0 aliphatic heterocycles. The van der Waals surface area contributed by atoms with Crippen molar-refractivity contribution in [3.05, 3.63) is 155 Å². The van der Waals surface area contributed by atoms with Gasteiger partial charge in [0.1, 0.15) is 21.2 Å². The third-order valence-corrected chi connectivity index (χ3v) is 11.9. The molecule has 0 saturated carbocycles. The van der Waals surface area contributed by atoms with Crippen LogP contribution in [0.4, 0.5) is 22.7 Å². The van der Waals surface area contributed by atoms with Gasteiger partial charge in [-0.2, -0.15) is 32.2 Å². The topological polar surface area (TPSA) is 262 Å². The summed E-state index contributed by atoms with van der Waals surface area (Å²) in [5.74, 6) is -3.01. The van der Waals surface area contributed by atoms with Crippen molar-refractivity contribution in [2.24, 2.45) is 20.4 Å². The standard InChI is InChI=1S/C44H32N6O10S2.2Na/c1-23-19-25(26-14-16-32(24(2)20-26)46-49-35-21-39(61(55,56)57)29-9-5-11-37(51)41(29)43(35)53)13-15-31(23)45-47-33-17-18-34(28-8-4-3-7-27(28)33)48-50-36-22-40(62(58,59)60)30-10-6-12-38(52)42(30)44(36)54;;/h3-22,46,48,51-52H,1-2H3,(H,55,56,57)(H,58,59,60);;/q;2*+1/p-2. The summed E-state index contributed by atoms with van der Waals surface area (Å²) >= 11 is 0. The van der Waals surface area contributed by atoms with E-state index in [1.165, 1.54) is 24.3 Å². The Morgan fingerprint density at radius 3 is 1.50 bits per heavy atom. The number of fused-ring (bicyclic) bond motifs is 3. The number of rotatable bonds is 9. The van der Waals surface area contributed by atoms with Gasteiger partial charge in [0.2, 0.25) is 11.6 Å². The van der Waals surface area contributed by atoms with Crippen molar-refractivity contribution >= 4 is 86.6 Å². The first-order valence-electron chi connectivity index (χ1n) is 18.4. The third kappa shape index (κ3) is 9.43. The van der Waals surface area contributed by atoms with Crippen molar-refractivity contribution in [3.63, 3.8) is 0 Å². The molecule has 6 aromatic carbocycles. The molecule has 0 spiro atoms. The van der Waals surface area contributed by atoms with Crippen LogP contribution in [0.1, 0.15) is 43.0 Å². The number of carbonyl (C=O) groups excluding carboxylic acids is 2. The van der Waals surface area contributed by atoms with Crippen LogP contribution in [0.5, 0.6) is 11.5 Å². The minimum Gasteiger partial charge on any atom is -0.872 e. The molecule has 310 valence electrons. The number of aryl methyl sites for hydroxylation is 2. The molecule has 0 bridgehead atoms. The van der Waals surface area contributed by atoms with Gasteiger partial charge in [-0.05, 0) is 84.7 Å². The number of ketones is 2. The summed E-state index contributed by atoms with van der Waals surface area (Å²) in [7, 11) is -9.60. The molecule has 0 saturated heterocycles. The van der Waals surface area contributed by atoms with Crippen molar-refractivity contribution in [1.29, 1.82) is 0 Å². The molecule has 2 aliphatic carbocycles. The third-order valence-electron chi connectivity index (χ3n) is 10.1. The molecule has 0 atom stereocenters. The van der Waals surface area contributed by atoms with Crippen molar-refractivity contribution in [2.45, 2.75) is 13.8 Å². The van der Waals surface area contributed by atoms with E-state index >= 15 is 0 Å². The van der Waals surface area contributed by atoms with Crippen LogP contribution in [0.25, 0.3) is 31.7 Å². The van der Waals surface area contributed by atoms with Crippen LogP contribution >= 0.6 is 0 Å². The van der Waals surface area contributed by atoms with Gasteiger partial charge in [0.05, 0.1) is 22.7 Å².